The number of benzene rings is 1. The number of hydrogen-bond acceptors (Lipinski definition) is 3. The van der Waals surface area contributed by atoms with Crippen molar-refractivity contribution >= 4 is 27.3 Å². The Hall–Kier alpha value is -1.49. The van der Waals surface area contributed by atoms with Crippen molar-refractivity contribution in [3.8, 4) is 0 Å². The van der Waals surface area contributed by atoms with Crippen molar-refractivity contribution in [2.45, 2.75) is 26.9 Å². The van der Waals surface area contributed by atoms with Gasteiger partial charge in [-0.1, -0.05) is 0 Å². The van der Waals surface area contributed by atoms with Crippen LogP contribution in [0.3, 0.4) is 0 Å². The van der Waals surface area contributed by atoms with E-state index >= 15 is 0 Å². The van der Waals surface area contributed by atoms with Gasteiger partial charge in [0.2, 0.25) is 0 Å². The fraction of sp³-hybridized carbons (Fsp3) is 0.400. The molecular formula is C15H21BrN4. The lowest BCUT2D eigenvalue weighted by Crippen LogP contribution is -2.10. The van der Waals surface area contributed by atoms with E-state index in [0.29, 0.717) is 0 Å². The summed E-state index contributed by atoms with van der Waals surface area (Å²) in [6, 6.07) is 8.42. The van der Waals surface area contributed by atoms with Crippen LogP contribution < -0.4 is 10.2 Å². The van der Waals surface area contributed by atoms with Crippen LogP contribution in [0, 0.1) is 6.92 Å². The number of hydrogen-bond donors (Lipinski definition) is 1. The Morgan fingerprint density at radius 1 is 1.25 bits per heavy atom. The summed E-state index contributed by atoms with van der Waals surface area (Å²) in [5, 5.41) is 7.95. The standard InChI is InChI=1S/C15H21BrN4/c1-5-20-14(15(16)11(2)18-20)10-17-12-6-8-13(9-7-12)19(3)4/h6-9,17H,5,10H2,1-4H3. The lowest BCUT2D eigenvalue weighted by Gasteiger charge is -2.13. The highest BCUT2D eigenvalue weighted by Gasteiger charge is 2.11. The van der Waals surface area contributed by atoms with E-state index in [4.69, 9.17) is 0 Å². The summed E-state index contributed by atoms with van der Waals surface area (Å²) >= 11 is 3.62. The molecule has 1 heterocycles. The van der Waals surface area contributed by atoms with Crippen LogP contribution in [-0.2, 0) is 13.1 Å². The minimum Gasteiger partial charge on any atom is -0.379 e. The molecule has 1 N–H and O–H groups in total. The molecule has 0 saturated carbocycles. The van der Waals surface area contributed by atoms with Gasteiger partial charge in [0.05, 0.1) is 22.4 Å². The maximum Gasteiger partial charge on any atom is 0.0739 e. The molecule has 1 aromatic heterocycles. The molecule has 0 aliphatic heterocycles. The fourth-order valence-electron chi connectivity index (χ4n) is 2.10. The highest BCUT2D eigenvalue weighted by Crippen LogP contribution is 2.22. The maximum absolute atomic E-state index is 4.50. The SMILES string of the molecule is CCn1nc(C)c(Br)c1CNc1ccc(N(C)C)cc1. The Morgan fingerprint density at radius 2 is 1.90 bits per heavy atom. The van der Waals surface area contributed by atoms with Gasteiger partial charge in [-0.2, -0.15) is 5.10 Å². The number of nitrogens with one attached hydrogen (secondary N) is 1. The van der Waals surface area contributed by atoms with Gasteiger partial charge in [-0.05, 0) is 54.0 Å². The zero-order valence-electron chi connectivity index (χ0n) is 12.4. The molecule has 20 heavy (non-hydrogen) atoms. The average molecular weight is 337 g/mol. The first-order valence-electron chi connectivity index (χ1n) is 6.76. The fourth-order valence-corrected chi connectivity index (χ4v) is 2.53. The predicted molar refractivity (Wildman–Crippen MR) is 88.4 cm³/mol. The van der Waals surface area contributed by atoms with E-state index in [1.54, 1.807) is 0 Å². The second-order valence-corrected chi connectivity index (χ2v) is 5.75. The summed E-state index contributed by atoms with van der Waals surface area (Å²) in [6.07, 6.45) is 0. The van der Waals surface area contributed by atoms with Crippen molar-refractivity contribution in [2.75, 3.05) is 24.3 Å². The number of halogens is 1. The highest BCUT2D eigenvalue weighted by molar-refractivity contribution is 9.10. The molecule has 0 radical (unpaired) electrons. The molecule has 0 atom stereocenters. The first kappa shape index (κ1) is 14.9. The minimum absolute atomic E-state index is 0.760. The van der Waals surface area contributed by atoms with Gasteiger partial charge in [0.1, 0.15) is 0 Å². The third-order valence-corrected chi connectivity index (χ3v) is 4.33. The van der Waals surface area contributed by atoms with Crippen molar-refractivity contribution < 1.29 is 0 Å². The molecular weight excluding hydrogens is 316 g/mol. The van der Waals surface area contributed by atoms with E-state index in [-0.39, 0.29) is 0 Å². The molecule has 0 amide bonds. The van der Waals surface area contributed by atoms with Crippen molar-refractivity contribution in [3.05, 3.63) is 40.1 Å². The molecule has 5 heteroatoms. The summed E-state index contributed by atoms with van der Waals surface area (Å²) in [7, 11) is 4.09. The molecule has 0 saturated heterocycles. The lowest BCUT2D eigenvalue weighted by atomic mass is 10.2. The molecule has 0 aliphatic carbocycles. The molecule has 4 nitrogen and oxygen atoms in total. The van der Waals surface area contributed by atoms with E-state index in [1.165, 1.54) is 11.4 Å². The van der Waals surface area contributed by atoms with E-state index in [9.17, 15) is 0 Å². The van der Waals surface area contributed by atoms with Crippen LogP contribution in [0.15, 0.2) is 28.7 Å². The summed E-state index contributed by atoms with van der Waals surface area (Å²) in [5.74, 6) is 0. The maximum atomic E-state index is 4.50. The Balaban J connectivity index is 2.09. The topological polar surface area (TPSA) is 33.1 Å². The molecule has 0 spiro atoms. The third-order valence-electron chi connectivity index (χ3n) is 3.30. The van der Waals surface area contributed by atoms with Crippen LogP contribution >= 0.6 is 15.9 Å². The van der Waals surface area contributed by atoms with E-state index in [2.05, 4.69) is 62.4 Å². The van der Waals surface area contributed by atoms with Crippen LogP contribution in [0.25, 0.3) is 0 Å². The zero-order chi connectivity index (χ0) is 14.7. The van der Waals surface area contributed by atoms with E-state index < -0.39 is 0 Å². The second-order valence-electron chi connectivity index (χ2n) is 4.96. The third kappa shape index (κ3) is 3.15. The lowest BCUT2D eigenvalue weighted by molar-refractivity contribution is 0.622. The van der Waals surface area contributed by atoms with Crippen LogP contribution in [0.4, 0.5) is 11.4 Å². The summed E-state index contributed by atoms with van der Waals surface area (Å²) in [5.41, 5.74) is 4.53. The van der Waals surface area contributed by atoms with Gasteiger partial charge < -0.3 is 10.2 Å². The molecule has 2 rings (SSSR count). The minimum atomic E-state index is 0.760. The molecule has 1 aromatic carbocycles. The van der Waals surface area contributed by atoms with Crippen LogP contribution in [0.1, 0.15) is 18.3 Å². The first-order chi connectivity index (χ1) is 9.52. The molecule has 0 fully saturated rings. The summed E-state index contributed by atoms with van der Waals surface area (Å²) in [6.45, 7) is 5.76. The van der Waals surface area contributed by atoms with Crippen molar-refractivity contribution in [3.63, 3.8) is 0 Å². The normalized spacial score (nSPS) is 10.7. The molecule has 0 unspecified atom stereocenters. The number of aryl methyl sites for hydroxylation is 2. The second kappa shape index (κ2) is 6.31. The van der Waals surface area contributed by atoms with Gasteiger partial charge in [-0.15, -0.1) is 0 Å². The predicted octanol–water partition coefficient (Wildman–Crippen LogP) is 3.65. The van der Waals surface area contributed by atoms with Crippen LogP contribution in [0.5, 0.6) is 0 Å². The van der Waals surface area contributed by atoms with Crippen molar-refractivity contribution in [1.29, 1.82) is 0 Å². The Morgan fingerprint density at radius 3 is 2.45 bits per heavy atom. The Kier molecular flexibility index (Phi) is 4.70. The first-order valence-corrected chi connectivity index (χ1v) is 7.55. The Bertz CT molecular complexity index is 572. The van der Waals surface area contributed by atoms with Crippen LogP contribution in [0.2, 0.25) is 0 Å². The number of aromatic nitrogens is 2. The molecule has 108 valence electrons. The van der Waals surface area contributed by atoms with E-state index in [1.807, 2.05) is 25.7 Å². The quantitative estimate of drug-likeness (QED) is 0.904. The van der Waals surface area contributed by atoms with Gasteiger partial charge >= 0.3 is 0 Å². The van der Waals surface area contributed by atoms with Crippen LogP contribution in [-0.4, -0.2) is 23.9 Å². The largest absolute Gasteiger partial charge is 0.379 e. The van der Waals surface area contributed by atoms with Gasteiger partial charge in [0.15, 0.2) is 0 Å². The van der Waals surface area contributed by atoms with Gasteiger partial charge in [-0.3, -0.25) is 4.68 Å². The zero-order valence-corrected chi connectivity index (χ0v) is 14.0. The van der Waals surface area contributed by atoms with E-state index in [0.717, 1.165) is 28.9 Å². The highest BCUT2D eigenvalue weighted by atomic mass is 79.9. The summed E-state index contributed by atoms with van der Waals surface area (Å²) in [4.78, 5) is 2.09. The summed E-state index contributed by atoms with van der Waals surface area (Å²) < 4.78 is 3.12. The monoisotopic (exact) mass is 336 g/mol. The number of anilines is 2. The molecule has 0 aliphatic rings. The van der Waals surface area contributed by atoms with Gasteiger partial charge in [0, 0.05) is 32.0 Å². The smallest absolute Gasteiger partial charge is 0.0739 e. The molecule has 2 aromatic rings. The van der Waals surface area contributed by atoms with Gasteiger partial charge in [-0.25, -0.2) is 0 Å². The van der Waals surface area contributed by atoms with Crippen molar-refractivity contribution in [2.24, 2.45) is 0 Å². The number of rotatable bonds is 5. The number of nitrogens with zero attached hydrogens (tertiary/aromatic N) is 3. The van der Waals surface area contributed by atoms with Crippen molar-refractivity contribution in [1.82, 2.24) is 9.78 Å². The van der Waals surface area contributed by atoms with Gasteiger partial charge in [0.25, 0.3) is 0 Å². The average Bonchev–Trinajstić information content (AvgIpc) is 2.72. The Labute approximate surface area is 128 Å². The molecule has 0 bridgehead atoms.